The van der Waals surface area contributed by atoms with E-state index in [1.54, 1.807) is 13.3 Å². The third-order valence-electron chi connectivity index (χ3n) is 3.33. The summed E-state index contributed by atoms with van der Waals surface area (Å²) in [5, 5.41) is 9.50. The summed E-state index contributed by atoms with van der Waals surface area (Å²) in [6.45, 7) is 1.12. The van der Waals surface area contributed by atoms with Crippen LogP contribution >= 0.6 is 0 Å². The molecule has 0 amide bonds. The number of hydrogen-bond acceptors (Lipinski definition) is 4. The molecule has 0 spiro atoms. The normalized spacial score (nSPS) is 21.1. The Morgan fingerprint density at radius 1 is 1.47 bits per heavy atom. The zero-order chi connectivity index (χ0) is 12.1. The highest BCUT2D eigenvalue weighted by Gasteiger charge is 2.23. The fourth-order valence-electron chi connectivity index (χ4n) is 2.40. The van der Waals surface area contributed by atoms with Crippen LogP contribution in [0.4, 0.5) is 5.82 Å². The quantitative estimate of drug-likeness (QED) is 0.869. The molecule has 0 aliphatic carbocycles. The minimum Gasteiger partial charge on any atom is -0.493 e. The maximum absolute atomic E-state index is 9.50. The number of aliphatic hydroxyl groups is 1. The predicted molar refractivity (Wildman–Crippen MR) is 67.5 cm³/mol. The van der Waals surface area contributed by atoms with Crippen molar-refractivity contribution in [1.29, 1.82) is 0 Å². The van der Waals surface area contributed by atoms with Crippen LogP contribution in [0.1, 0.15) is 25.7 Å². The summed E-state index contributed by atoms with van der Waals surface area (Å²) in [6.07, 6.45) is 6.35. The Balaban J connectivity index is 2.28. The molecule has 0 radical (unpaired) electrons. The van der Waals surface area contributed by atoms with Crippen LogP contribution in [-0.2, 0) is 0 Å². The van der Waals surface area contributed by atoms with Gasteiger partial charge in [0.25, 0.3) is 0 Å². The number of nitrogens with zero attached hydrogens (tertiary/aromatic N) is 2. The molecule has 4 nitrogen and oxygen atoms in total. The summed E-state index contributed by atoms with van der Waals surface area (Å²) in [4.78, 5) is 6.59. The molecule has 0 bridgehead atoms. The monoisotopic (exact) mass is 236 g/mol. The number of pyridine rings is 1. The van der Waals surface area contributed by atoms with Gasteiger partial charge >= 0.3 is 0 Å². The van der Waals surface area contributed by atoms with Gasteiger partial charge in [-0.25, -0.2) is 4.98 Å². The number of rotatable bonds is 3. The average Bonchev–Trinajstić information content (AvgIpc) is 2.63. The molecule has 2 rings (SSSR count). The van der Waals surface area contributed by atoms with Crippen molar-refractivity contribution >= 4 is 5.82 Å². The van der Waals surface area contributed by atoms with Gasteiger partial charge in [0.15, 0.2) is 11.6 Å². The third-order valence-corrected chi connectivity index (χ3v) is 3.33. The van der Waals surface area contributed by atoms with Gasteiger partial charge in [-0.2, -0.15) is 0 Å². The first-order valence-corrected chi connectivity index (χ1v) is 6.23. The lowest BCUT2D eigenvalue weighted by molar-refractivity contribution is 0.254. The van der Waals surface area contributed by atoms with Crippen molar-refractivity contribution in [3.63, 3.8) is 0 Å². The molecule has 1 N–H and O–H groups in total. The maximum Gasteiger partial charge on any atom is 0.171 e. The molecular formula is C13H20N2O2. The summed E-state index contributed by atoms with van der Waals surface area (Å²) >= 11 is 0. The van der Waals surface area contributed by atoms with Crippen LogP contribution in [-0.4, -0.2) is 36.4 Å². The van der Waals surface area contributed by atoms with Crippen molar-refractivity contribution in [2.45, 2.75) is 31.7 Å². The number of ether oxygens (including phenoxy) is 1. The molecule has 94 valence electrons. The molecule has 1 aromatic heterocycles. The van der Waals surface area contributed by atoms with Gasteiger partial charge in [-0.15, -0.1) is 0 Å². The fourth-order valence-corrected chi connectivity index (χ4v) is 2.40. The van der Waals surface area contributed by atoms with E-state index in [4.69, 9.17) is 4.74 Å². The van der Waals surface area contributed by atoms with Crippen molar-refractivity contribution in [1.82, 2.24) is 4.98 Å². The second-order valence-corrected chi connectivity index (χ2v) is 4.41. The fraction of sp³-hybridized carbons (Fsp3) is 0.615. The zero-order valence-electron chi connectivity index (χ0n) is 10.3. The van der Waals surface area contributed by atoms with E-state index in [1.165, 1.54) is 12.8 Å². The van der Waals surface area contributed by atoms with Crippen LogP contribution in [0.3, 0.4) is 0 Å². The number of hydrogen-bond donors (Lipinski definition) is 1. The number of aliphatic hydroxyl groups excluding tert-OH is 1. The first-order valence-electron chi connectivity index (χ1n) is 6.23. The van der Waals surface area contributed by atoms with E-state index in [-0.39, 0.29) is 12.6 Å². The summed E-state index contributed by atoms with van der Waals surface area (Å²) in [6, 6.07) is 3.96. The lowest BCUT2D eigenvalue weighted by Crippen LogP contribution is -2.38. The molecule has 0 saturated carbocycles. The van der Waals surface area contributed by atoms with Crippen LogP contribution in [0, 0.1) is 0 Å². The van der Waals surface area contributed by atoms with Gasteiger partial charge in [0.05, 0.1) is 19.8 Å². The molecule has 0 aromatic carbocycles. The first kappa shape index (κ1) is 12.2. The van der Waals surface area contributed by atoms with Gasteiger partial charge in [-0.1, -0.05) is 12.8 Å². The lowest BCUT2D eigenvalue weighted by Gasteiger charge is -2.30. The largest absolute Gasteiger partial charge is 0.493 e. The van der Waals surface area contributed by atoms with Crippen LogP contribution in [0.25, 0.3) is 0 Å². The molecule has 1 fully saturated rings. The highest BCUT2D eigenvalue weighted by atomic mass is 16.5. The summed E-state index contributed by atoms with van der Waals surface area (Å²) in [5.41, 5.74) is 0. The standard InChI is InChI=1S/C13H20N2O2/c1-17-12-7-5-8-14-13(12)15-9-4-2-3-6-11(15)10-16/h5,7-8,11,16H,2-4,6,9-10H2,1H3. The average molecular weight is 236 g/mol. The predicted octanol–water partition coefficient (Wildman–Crippen LogP) is 1.83. The molecule has 1 aliphatic rings. The van der Waals surface area contributed by atoms with E-state index in [1.807, 2.05) is 12.1 Å². The Kier molecular flexibility index (Phi) is 4.20. The van der Waals surface area contributed by atoms with E-state index < -0.39 is 0 Å². The van der Waals surface area contributed by atoms with Crippen molar-refractivity contribution in [2.75, 3.05) is 25.2 Å². The first-order chi connectivity index (χ1) is 8.36. The minimum absolute atomic E-state index is 0.168. The van der Waals surface area contributed by atoms with E-state index in [0.29, 0.717) is 0 Å². The molecule has 2 heterocycles. The topological polar surface area (TPSA) is 45.6 Å². The number of aromatic nitrogens is 1. The molecule has 1 aliphatic heterocycles. The SMILES string of the molecule is COc1cccnc1N1CCCCCC1CO. The van der Waals surface area contributed by atoms with E-state index >= 15 is 0 Å². The van der Waals surface area contributed by atoms with Crippen LogP contribution in [0.2, 0.25) is 0 Å². The lowest BCUT2D eigenvalue weighted by atomic mass is 10.1. The summed E-state index contributed by atoms with van der Waals surface area (Å²) in [5.74, 6) is 1.64. The summed E-state index contributed by atoms with van der Waals surface area (Å²) < 4.78 is 5.35. The van der Waals surface area contributed by atoms with Crippen LogP contribution in [0.5, 0.6) is 5.75 Å². The van der Waals surface area contributed by atoms with Gasteiger partial charge in [0, 0.05) is 12.7 Å². The number of anilines is 1. The Labute approximate surface area is 102 Å². The van der Waals surface area contributed by atoms with Gasteiger partial charge in [0.2, 0.25) is 0 Å². The Bertz CT molecular complexity index is 357. The van der Waals surface area contributed by atoms with Crippen molar-refractivity contribution in [3.05, 3.63) is 18.3 Å². The Hall–Kier alpha value is -1.29. The third kappa shape index (κ3) is 2.69. The van der Waals surface area contributed by atoms with E-state index in [0.717, 1.165) is 31.0 Å². The van der Waals surface area contributed by atoms with Gasteiger partial charge in [-0.05, 0) is 25.0 Å². The van der Waals surface area contributed by atoms with Crippen LogP contribution < -0.4 is 9.64 Å². The molecule has 1 saturated heterocycles. The second-order valence-electron chi connectivity index (χ2n) is 4.41. The van der Waals surface area contributed by atoms with Gasteiger partial charge in [0.1, 0.15) is 0 Å². The van der Waals surface area contributed by atoms with E-state index in [9.17, 15) is 5.11 Å². The van der Waals surface area contributed by atoms with Crippen molar-refractivity contribution in [2.24, 2.45) is 0 Å². The summed E-state index contributed by atoms with van der Waals surface area (Å²) in [7, 11) is 1.66. The number of methoxy groups -OCH3 is 1. The van der Waals surface area contributed by atoms with Crippen LogP contribution in [0.15, 0.2) is 18.3 Å². The highest BCUT2D eigenvalue weighted by Crippen LogP contribution is 2.29. The smallest absolute Gasteiger partial charge is 0.171 e. The highest BCUT2D eigenvalue weighted by molar-refractivity contribution is 5.53. The molecule has 1 unspecified atom stereocenters. The molecule has 17 heavy (non-hydrogen) atoms. The second kappa shape index (κ2) is 5.87. The molecule has 4 heteroatoms. The van der Waals surface area contributed by atoms with Gasteiger partial charge < -0.3 is 14.7 Å². The molecular weight excluding hydrogens is 216 g/mol. The van der Waals surface area contributed by atoms with E-state index in [2.05, 4.69) is 9.88 Å². The minimum atomic E-state index is 0.168. The molecule has 1 atom stereocenters. The Morgan fingerprint density at radius 3 is 3.12 bits per heavy atom. The molecule has 1 aromatic rings. The van der Waals surface area contributed by atoms with Gasteiger partial charge in [-0.3, -0.25) is 0 Å². The maximum atomic E-state index is 9.50. The van der Waals surface area contributed by atoms with Crippen molar-refractivity contribution < 1.29 is 9.84 Å². The van der Waals surface area contributed by atoms with Crippen molar-refractivity contribution in [3.8, 4) is 5.75 Å². The zero-order valence-corrected chi connectivity index (χ0v) is 10.3. The Morgan fingerprint density at radius 2 is 2.35 bits per heavy atom.